The molecule has 2 rings (SSSR count). The second kappa shape index (κ2) is 5.12. The van der Waals surface area contributed by atoms with Gasteiger partial charge in [-0.15, -0.1) is 6.58 Å². The molecular formula is C12H12ClN3O. The summed E-state index contributed by atoms with van der Waals surface area (Å²) in [5.74, 6) is 0.891. The Kier molecular flexibility index (Phi) is 3.56. The van der Waals surface area contributed by atoms with Crippen LogP contribution in [0.2, 0.25) is 5.02 Å². The molecule has 0 spiro atoms. The predicted octanol–water partition coefficient (Wildman–Crippen LogP) is 2.97. The van der Waals surface area contributed by atoms with Gasteiger partial charge in [-0.05, 0) is 18.6 Å². The zero-order valence-electron chi connectivity index (χ0n) is 9.14. The second-order valence-electron chi connectivity index (χ2n) is 3.60. The fourth-order valence-electron chi connectivity index (χ4n) is 1.41. The SMILES string of the molecule is C=CCC(N)c1nc(-c2cccc(Cl)c2)no1. The van der Waals surface area contributed by atoms with Gasteiger partial charge in [-0.3, -0.25) is 0 Å². The zero-order valence-corrected chi connectivity index (χ0v) is 9.89. The first-order chi connectivity index (χ1) is 8.20. The van der Waals surface area contributed by atoms with Crippen molar-refractivity contribution in [1.29, 1.82) is 0 Å². The van der Waals surface area contributed by atoms with Gasteiger partial charge in [-0.1, -0.05) is 35.0 Å². The molecule has 0 amide bonds. The van der Waals surface area contributed by atoms with E-state index in [4.69, 9.17) is 21.9 Å². The van der Waals surface area contributed by atoms with E-state index in [1.165, 1.54) is 0 Å². The van der Waals surface area contributed by atoms with Crippen molar-refractivity contribution >= 4 is 11.6 Å². The third-order valence-corrected chi connectivity index (χ3v) is 2.50. The third-order valence-electron chi connectivity index (χ3n) is 2.26. The van der Waals surface area contributed by atoms with Crippen LogP contribution in [0.1, 0.15) is 18.4 Å². The van der Waals surface area contributed by atoms with E-state index in [0.29, 0.717) is 23.2 Å². The van der Waals surface area contributed by atoms with Crippen molar-refractivity contribution in [1.82, 2.24) is 10.1 Å². The van der Waals surface area contributed by atoms with Crippen LogP contribution in [-0.4, -0.2) is 10.1 Å². The van der Waals surface area contributed by atoms with E-state index in [0.717, 1.165) is 5.56 Å². The Morgan fingerprint density at radius 3 is 3.06 bits per heavy atom. The fraction of sp³-hybridized carbons (Fsp3) is 0.167. The second-order valence-corrected chi connectivity index (χ2v) is 4.03. The van der Waals surface area contributed by atoms with Gasteiger partial charge in [0.2, 0.25) is 11.7 Å². The normalized spacial score (nSPS) is 12.4. The molecule has 0 aliphatic rings. The van der Waals surface area contributed by atoms with Crippen molar-refractivity contribution in [2.75, 3.05) is 0 Å². The van der Waals surface area contributed by atoms with Crippen molar-refractivity contribution in [3.8, 4) is 11.4 Å². The van der Waals surface area contributed by atoms with Crippen LogP contribution in [0.5, 0.6) is 0 Å². The van der Waals surface area contributed by atoms with Crippen LogP contribution >= 0.6 is 11.6 Å². The topological polar surface area (TPSA) is 64.9 Å². The molecule has 1 unspecified atom stereocenters. The molecule has 1 atom stereocenters. The van der Waals surface area contributed by atoms with Crippen molar-refractivity contribution in [2.45, 2.75) is 12.5 Å². The van der Waals surface area contributed by atoms with Crippen molar-refractivity contribution in [2.24, 2.45) is 5.73 Å². The number of aromatic nitrogens is 2. The minimum absolute atomic E-state index is 0.312. The van der Waals surface area contributed by atoms with Gasteiger partial charge in [0.15, 0.2) is 0 Å². The van der Waals surface area contributed by atoms with E-state index >= 15 is 0 Å². The Bertz CT molecular complexity index is 524. The molecule has 0 fully saturated rings. The monoisotopic (exact) mass is 249 g/mol. The molecule has 2 aromatic rings. The number of halogens is 1. The van der Waals surface area contributed by atoms with E-state index in [1.54, 1.807) is 18.2 Å². The molecule has 2 N–H and O–H groups in total. The van der Waals surface area contributed by atoms with Gasteiger partial charge in [0.1, 0.15) is 0 Å². The molecule has 17 heavy (non-hydrogen) atoms. The summed E-state index contributed by atoms with van der Waals surface area (Å²) in [7, 11) is 0. The van der Waals surface area contributed by atoms with Crippen LogP contribution < -0.4 is 5.73 Å². The van der Waals surface area contributed by atoms with E-state index in [1.807, 2.05) is 12.1 Å². The average Bonchev–Trinajstić information content (AvgIpc) is 2.78. The van der Waals surface area contributed by atoms with Crippen LogP contribution in [0, 0.1) is 0 Å². The minimum atomic E-state index is -0.312. The maximum atomic E-state index is 5.89. The average molecular weight is 250 g/mol. The van der Waals surface area contributed by atoms with Gasteiger partial charge < -0.3 is 10.3 Å². The third kappa shape index (κ3) is 2.72. The minimum Gasteiger partial charge on any atom is -0.337 e. The van der Waals surface area contributed by atoms with E-state index < -0.39 is 0 Å². The zero-order chi connectivity index (χ0) is 12.3. The van der Waals surface area contributed by atoms with Crippen LogP contribution in [0.4, 0.5) is 0 Å². The molecule has 4 nitrogen and oxygen atoms in total. The standard InChI is InChI=1S/C12H12ClN3O/c1-2-4-10(14)12-15-11(16-17-12)8-5-3-6-9(13)7-8/h2-3,5-7,10H,1,4,14H2. The summed E-state index contributed by atoms with van der Waals surface area (Å²) in [5.41, 5.74) is 6.64. The summed E-state index contributed by atoms with van der Waals surface area (Å²) in [5, 5.41) is 4.50. The molecule has 0 radical (unpaired) electrons. The molecule has 1 aromatic heterocycles. The first-order valence-corrected chi connectivity index (χ1v) is 5.54. The van der Waals surface area contributed by atoms with E-state index in [2.05, 4.69) is 16.7 Å². The van der Waals surface area contributed by atoms with E-state index in [9.17, 15) is 0 Å². The lowest BCUT2D eigenvalue weighted by molar-refractivity contribution is 0.356. The van der Waals surface area contributed by atoms with Crippen LogP contribution in [-0.2, 0) is 0 Å². The Hall–Kier alpha value is -1.65. The van der Waals surface area contributed by atoms with Gasteiger partial charge in [-0.2, -0.15) is 4.98 Å². The maximum Gasteiger partial charge on any atom is 0.244 e. The summed E-state index contributed by atoms with van der Waals surface area (Å²) < 4.78 is 5.10. The lowest BCUT2D eigenvalue weighted by atomic mass is 10.2. The van der Waals surface area contributed by atoms with Gasteiger partial charge in [-0.25, -0.2) is 0 Å². The molecule has 5 heteroatoms. The number of nitrogens with zero attached hydrogens (tertiary/aromatic N) is 2. The highest BCUT2D eigenvalue weighted by Gasteiger charge is 2.14. The van der Waals surface area contributed by atoms with Gasteiger partial charge >= 0.3 is 0 Å². The van der Waals surface area contributed by atoms with Crippen LogP contribution in [0.25, 0.3) is 11.4 Å². The molecule has 1 heterocycles. The highest BCUT2D eigenvalue weighted by Crippen LogP contribution is 2.21. The molecule has 0 aliphatic carbocycles. The van der Waals surface area contributed by atoms with Crippen LogP contribution in [0.15, 0.2) is 41.4 Å². The molecule has 0 saturated carbocycles. The summed E-state index contributed by atoms with van der Waals surface area (Å²) in [6, 6.07) is 6.94. The Balaban J connectivity index is 2.26. The highest BCUT2D eigenvalue weighted by molar-refractivity contribution is 6.30. The smallest absolute Gasteiger partial charge is 0.244 e. The first kappa shape index (κ1) is 11.8. The molecular weight excluding hydrogens is 238 g/mol. The summed E-state index contributed by atoms with van der Waals surface area (Å²) in [6.07, 6.45) is 2.31. The largest absolute Gasteiger partial charge is 0.337 e. The van der Waals surface area contributed by atoms with Crippen molar-refractivity contribution in [3.63, 3.8) is 0 Å². The Morgan fingerprint density at radius 1 is 1.53 bits per heavy atom. The van der Waals surface area contributed by atoms with Gasteiger partial charge in [0, 0.05) is 10.6 Å². The number of benzene rings is 1. The van der Waals surface area contributed by atoms with Crippen molar-refractivity contribution in [3.05, 3.63) is 47.8 Å². The molecule has 0 aliphatic heterocycles. The fourth-order valence-corrected chi connectivity index (χ4v) is 1.60. The molecule has 88 valence electrons. The summed E-state index contributed by atoms with van der Waals surface area (Å²) >= 11 is 5.89. The van der Waals surface area contributed by atoms with Crippen molar-refractivity contribution < 1.29 is 4.52 Å². The Morgan fingerprint density at radius 2 is 2.35 bits per heavy atom. The Labute approximate surface area is 104 Å². The summed E-state index contributed by atoms with van der Waals surface area (Å²) in [4.78, 5) is 4.23. The van der Waals surface area contributed by atoms with Gasteiger partial charge in [0.25, 0.3) is 0 Å². The van der Waals surface area contributed by atoms with Gasteiger partial charge in [0.05, 0.1) is 6.04 Å². The first-order valence-electron chi connectivity index (χ1n) is 5.16. The number of nitrogens with two attached hydrogens (primary N) is 1. The maximum absolute atomic E-state index is 5.89. The van der Waals surface area contributed by atoms with E-state index in [-0.39, 0.29) is 6.04 Å². The predicted molar refractivity (Wildman–Crippen MR) is 66.5 cm³/mol. The number of rotatable bonds is 4. The lowest BCUT2D eigenvalue weighted by Gasteiger charge is -2.00. The lowest BCUT2D eigenvalue weighted by Crippen LogP contribution is -2.09. The number of hydrogen-bond donors (Lipinski definition) is 1. The van der Waals surface area contributed by atoms with Crippen LogP contribution in [0.3, 0.4) is 0 Å². The quantitative estimate of drug-likeness (QED) is 0.846. The highest BCUT2D eigenvalue weighted by atomic mass is 35.5. The molecule has 1 aromatic carbocycles. The molecule has 0 saturated heterocycles. The molecule has 0 bridgehead atoms. The summed E-state index contributed by atoms with van der Waals surface area (Å²) in [6.45, 7) is 3.62. The number of hydrogen-bond acceptors (Lipinski definition) is 4.